The SMILES string of the molecule is C#CCCCCNC(=O)C1COCC1NC. The van der Waals surface area contributed by atoms with Gasteiger partial charge in [0.2, 0.25) is 5.91 Å². The average molecular weight is 224 g/mol. The predicted octanol–water partition coefficient (Wildman–Crippen LogP) is 0.141. The van der Waals surface area contributed by atoms with E-state index in [4.69, 9.17) is 11.2 Å². The van der Waals surface area contributed by atoms with Crippen LogP contribution in [0.2, 0.25) is 0 Å². The van der Waals surface area contributed by atoms with E-state index >= 15 is 0 Å². The van der Waals surface area contributed by atoms with E-state index in [0.29, 0.717) is 19.8 Å². The van der Waals surface area contributed by atoms with Crippen LogP contribution in [0.15, 0.2) is 0 Å². The normalized spacial score (nSPS) is 24.0. The summed E-state index contributed by atoms with van der Waals surface area (Å²) in [5, 5.41) is 6.01. The lowest BCUT2D eigenvalue weighted by molar-refractivity contribution is -0.125. The first-order valence-electron chi connectivity index (χ1n) is 5.75. The van der Waals surface area contributed by atoms with Gasteiger partial charge in [-0.2, -0.15) is 0 Å². The summed E-state index contributed by atoms with van der Waals surface area (Å²) in [5.74, 6) is 2.61. The quantitative estimate of drug-likeness (QED) is 0.498. The van der Waals surface area contributed by atoms with Gasteiger partial charge in [-0.25, -0.2) is 0 Å². The van der Waals surface area contributed by atoms with Gasteiger partial charge in [0.1, 0.15) is 0 Å². The number of carbonyl (C=O) groups excluding carboxylic acids is 1. The summed E-state index contributed by atoms with van der Waals surface area (Å²) in [6, 6.07) is 0.144. The van der Waals surface area contributed by atoms with Crippen molar-refractivity contribution >= 4 is 5.91 Å². The summed E-state index contributed by atoms with van der Waals surface area (Å²) in [4.78, 5) is 11.8. The van der Waals surface area contributed by atoms with Crippen LogP contribution in [0.4, 0.5) is 0 Å². The molecule has 2 atom stereocenters. The van der Waals surface area contributed by atoms with E-state index in [1.54, 1.807) is 0 Å². The molecular weight excluding hydrogens is 204 g/mol. The Balaban J connectivity index is 2.17. The van der Waals surface area contributed by atoms with Crippen LogP contribution in [0, 0.1) is 18.3 Å². The minimum atomic E-state index is -0.0577. The van der Waals surface area contributed by atoms with Gasteiger partial charge in [0.25, 0.3) is 0 Å². The minimum Gasteiger partial charge on any atom is -0.379 e. The Hall–Kier alpha value is -1.05. The van der Waals surface area contributed by atoms with Gasteiger partial charge in [-0.1, -0.05) is 0 Å². The molecule has 0 saturated carbocycles. The molecule has 1 rings (SSSR count). The molecule has 0 bridgehead atoms. The van der Waals surface area contributed by atoms with Crippen molar-refractivity contribution in [2.24, 2.45) is 5.92 Å². The topological polar surface area (TPSA) is 50.4 Å². The number of amides is 1. The smallest absolute Gasteiger partial charge is 0.227 e. The first-order valence-corrected chi connectivity index (χ1v) is 5.75. The summed E-state index contributed by atoms with van der Waals surface area (Å²) in [5.41, 5.74) is 0. The number of nitrogens with one attached hydrogen (secondary N) is 2. The van der Waals surface area contributed by atoms with Crippen molar-refractivity contribution in [2.45, 2.75) is 25.3 Å². The fraction of sp³-hybridized carbons (Fsp3) is 0.750. The van der Waals surface area contributed by atoms with Crippen molar-refractivity contribution in [3.8, 4) is 12.3 Å². The van der Waals surface area contributed by atoms with Gasteiger partial charge < -0.3 is 15.4 Å². The van der Waals surface area contributed by atoms with Crippen LogP contribution < -0.4 is 10.6 Å². The fourth-order valence-electron chi connectivity index (χ4n) is 1.79. The zero-order valence-electron chi connectivity index (χ0n) is 9.79. The maximum Gasteiger partial charge on any atom is 0.227 e. The molecule has 0 aromatic carbocycles. The number of hydrogen-bond acceptors (Lipinski definition) is 3. The molecule has 1 aliphatic heterocycles. The molecule has 4 heteroatoms. The second kappa shape index (κ2) is 7.26. The lowest BCUT2D eigenvalue weighted by atomic mass is 10.0. The van der Waals surface area contributed by atoms with Crippen LogP contribution in [-0.4, -0.2) is 38.8 Å². The summed E-state index contributed by atoms with van der Waals surface area (Å²) in [6.45, 7) is 1.83. The van der Waals surface area contributed by atoms with Crippen LogP contribution >= 0.6 is 0 Å². The molecule has 0 aromatic rings. The highest BCUT2D eigenvalue weighted by molar-refractivity contribution is 5.79. The van der Waals surface area contributed by atoms with E-state index in [0.717, 1.165) is 19.3 Å². The van der Waals surface area contributed by atoms with Crippen LogP contribution in [0.25, 0.3) is 0 Å². The van der Waals surface area contributed by atoms with Gasteiger partial charge in [-0.15, -0.1) is 12.3 Å². The molecule has 90 valence electrons. The number of rotatable bonds is 6. The monoisotopic (exact) mass is 224 g/mol. The van der Waals surface area contributed by atoms with Crippen molar-refractivity contribution in [1.29, 1.82) is 0 Å². The second-order valence-corrected chi connectivity index (χ2v) is 3.99. The van der Waals surface area contributed by atoms with E-state index < -0.39 is 0 Å². The van der Waals surface area contributed by atoms with Crippen molar-refractivity contribution in [3.05, 3.63) is 0 Å². The van der Waals surface area contributed by atoms with E-state index in [1.807, 2.05) is 7.05 Å². The standard InChI is InChI=1S/C12H20N2O2/c1-3-4-5-6-7-14-12(15)10-8-16-9-11(10)13-2/h1,10-11,13H,4-9H2,2H3,(H,14,15). The largest absolute Gasteiger partial charge is 0.379 e. The Bertz CT molecular complexity index is 260. The Morgan fingerprint density at radius 1 is 1.50 bits per heavy atom. The molecule has 0 aromatic heterocycles. The van der Waals surface area contributed by atoms with E-state index in [9.17, 15) is 4.79 Å². The molecule has 1 aliphatic rings. The molecule has 16 heavy (non-hydrogen) atoms. The lowest BCUT2D eigenvalue weighted by Gasteiger charge is -2.16. The Morgan fingerprint density at radius 2 is 2.31 bits per heavy atom. The second-order valence-electron chi connectivity index (χ2n) is 3.99. The highest BCUT2D eigenvalue weighted by Crippen LogP contribution is 2.13. The van der Waals surface area contributed by atoms with Gasteiger partial charge in [0.15, 0.2) is 0 Å². The number of likely N-dealkylation sites (N-methyl/N-ethyl adjacent to an activating group) is 1. The number of carbonyl (C=O) groups is 1. The first-order chi connectivity index (χ1) is 7.79. The van der Waals surface area contributed by atoms with Crippen molar-refractivity contribution in [2.75, 3.05) is 26.8 Å². The molecule has 0 aliphatic carbocycles. The third-order valence-corrected chi connectivity index (χ3v) is 2.84. The Morgan fingerprint density at radius 3 is 3.00 bits per heavy atom. The Kier molecular flexibility index (Phi) is 5.91. The third-order valence-electron chi connectivity index (χ3n) is 2.84. The minimum absolute atomic E-state index is 0.0577. The van der Waals surface area contributed by atoms with Gasteiger partial charge in [0, 0.05) is 19.0 Å². The van der Waals surface area contributed by atoms with Crippen molar-refractivity contribution in [3.63, 3.8) is 0 Å². The maximum absolute atomic E-state index is 11.8. The van der Waals surface area contributed by atoms with E-state index in [1.165, 1.54) is 0 Å². The molecule has 0 radical (unpaired) electrons. The predicted molar refractivity (Wildman–Crippen MR) is 62.9 cm³/mol. The van der Waals surface area contributed by atoms with Crippen molar-refractivity contribution < 1.29 is 9.53 Å². The van der Waals surface area contributed by atoms with Gasteiger partial charge in [0.05, 0.1) is 19.1 Å². The van der Waals surface area contributed by atoms with Gasteiger partial charge in [-0.3, -0.25) is 4.79 Å². The average Bonchev–Trinajstić information content (AvgIpc) is 2.76. The van der Waals surface area contributed by atoms with Gasteiger partial charge in [-0.05, 0) is 19.9 Å². The summed E-state index contributed by atoms with van der Waals surface area (Å²) in [6.07, 6.45) is 7.83. The van der Waals surface area contributed by atoms with Gasteiger partial charge >= 0.3 is 0 Å². The number of terminal acetylenes is 1. The van der Waals surface area contributed by atoms with Crippen molar-refractivity contribution in [1.82, 2.24) is 10.6 Å². The molecule has 4 nitrogen and oxygen atoms in total. The number of ether oxygens (including phenoxy) is 1. The lowest BCUT2D eigenvalue weighted by Crippen LogP contribution is -2.42. The fourth-order valence-corrected chi connectivity index (χ4v) is 1.79. The van der Waals surface area contributed by atoms with E-state index in [2.05, 4.69) is 16.6 Å². The molecular formula is C12H20N2O2. The molecule has 0 spiro atoms. The van der Waals surface area contributed by atoms with Crippen LogP contribution in [-0.2, 0) is 9.53 Å². The van der Waals surface area contributed by atoms with Crippen LogP contribution in [0.5, 0.6) is 0 Å². The van der Waals surface area contributed by atoms with E-state index in [-0.39, 0.29) is 17.9 Å². The summed E-state index contributed by atoms with van der Waals surface area (Å²) in [7, 11) is 1.85. The molecule has 1 fully saturated rings. The highest BCUT2D eigenvalue weighted by Gasteiger charge is 2.32. The zero-order chi connectivity index (χ0) is 11.8. The third kappa shape index (κ3) is 3.84. The number of unbranched alkanes of at least 4 members (excludes halogenated alkanes) is 2. The number of hydrogen-bond donors (Lipinski definition) is 2. The first kappa shape index (κ1) is 13.0. The molecule has 1 amide bonds. The zero-order valence-corrected chi connectivity index (χ0v) is 9.79. The summed E-state index contributed by atoms with van der Waals surface area (Å²) < 4.78 is 5.28. The molecule has 1 heterocycles. The van der Waals surface area contributed by atoms with Crippen LogP contribution in [0.3, 0.4) is 0 Å². The molecule has 1 saturated heterocycles. The Labute approximate surface area is 97.1 Å². The maximum atomic E-state index is 11.8. The van der Waals surface area contributed by atoms with Crippen LogP contribution in [0.1, 0.15) is 19.3 Å². The highest BCUT2D eigenvalue weighted by atomic mass is 16.5. The summed E-state index contributed by atoms with van der Waals surface area (Å²) >= 11 is 0. The molecule has 2 unspecified atom stereocenters. The molecule has 2 N–H and O–H groups in total.